The van der Waals surface area contributed by atoms with E-state index < -0.39 is 5.97 Å². The average Bonchev–Trinajstić information content (AvgIpc) is 2.62. The van der Waals surface area contributed by atoms with Crippen molar-refractivity contribution >= 4 is 5.97 Å². The molecule has 0 atom stereocenters. The molecule has 0 amide bonds. The minimum Gasteiger partial charge on any atom is -0.464 e. The lowest BCUT2D eigenvalue weighted by Gasteiger charge is -2.13. The highest BCUT2D eigenvalue weighted by molar-refractivity contribution is 5.98. The molecule has 0 fully saturated rings. The predicted molar refractivity (Wildman–Crippen MR) is 91.2 cm³/mol. The molecule has 23 heavy (non-hydrogen) atoms. The highest BCUT2D eigenvalue weighted by Crippen LogP contribution is 2.34. The highest BCUT2D eigenvalue weighted by atomic mass is 16.5. The van der Waals surface area contributed by atoms with E-state index in [0.29, 0.717) is 5.69 Å². The molecule has 3 heteroatoms. The zero-order valence-corrected chi connectivity index (χ0v) is 13.1. The summed E-state index contributed by atoms with van der Waals surface area (Å²) in [5.41, 5.74) is 5.41. The van der Waals surface area contributed by atoms with Crippen LogP contribution in [0.1, 0.15) is 16.1 Å². The Bertz CT molecular complexity index is 841. The number of aromatic nitrogens is 1. The van der Waals surface area contributed by atoms with Gasteiger partial charge in [0.15, 0.2) is 5.69 Å². The van der Waals surface area contributed by atoms with Crippen molar-refractivity contribution in [3.8, 4) is 22.3 Å². The lowest BCUT2D eigenvalue weighted by atomic mass is 9.92. The fraction of sp³-hybridized carbons (Fsp3) is 0.100. The third-order valence-electron chi connectivity index (χ3n) is 3.74. The Hall–Kier alpha value is -2.94. The van der Waals surface area contributed by atoms with Gasteiger partial charge in [-0.1, -0.05) is 60.2 Å². The van der Waals surface area contributed by atoms with Crippen LogP contribution in [0.2, 0.25) is 0 Å². The first kappa shape index (κ1) is 15.0. The fourth-order valence-electron chi connectivity index (χ4n) is 2.63. The smallest absolute Gasteiger partial charge is 0.357 e. The van der Waals surface area contributed by atoms with Crippen LogP contribution >= 0.6 is 0 Å². The van der Waals surface area contributed by atoms with E-state index in [1.54, 1.807) is 6.20 Å². The third-order valence-corrected chi connectivity index (χ3v) is 3.74. The van der Waals surface area contributed by atoms with E-state index in [1.807, 2.05) is 42.5 Å². The summed E-state index contributed by atoms with van der Waals surface area (Å²) in [6, 6.07) is 20.0. The summed E-state index contributed by atoms with van der Waals surface area (Å²) >= 11 is 0. The number of benzene rings is 2. The van der Waals surface area contributed by atoms with Gasteiger partial charge >= 0.3 is 5.97 Å². The van der Waals surface area contributed by atoms with Crippen LogP contribution in [0, 0.1) is 6.92 Å². The minimum absolute atomic E-state index is 0.330. The van der Waals surface area contributed by atoms with Gasteiger partial charge in [-0.15, -0.1) is 0 Å². The van der Waals surface area contributed by atoms with Gasteiger partial charge in [-0.2, -0.15) is 0 Å². The minimum atomic E-state index is -0.430. The van der Waals surface area contributed by atoms with Gasteiger partial charge in [0, 0.05) is 11.8 Å². The molecule has 3 nitrogen and oxygen atoms in total. The first-order chi connectivity index (χ1) is 11.2. The molecule has 0 aliphatic rings. The molecule has 0 aliphatic heterocycles. The summed E-state index contributed by atoms with van der Waals surface area (Å²) in [6.07, 6.45) is 1.60. The van der Waals surface area contributed by atoms with Gasteiger partial charge in [-0.05, 0) is 29.7 Å². The topological polar surface area (TPSA) is 39.2 Å². The van der Waals surface area contributed by atoms with E-state index in [4.69, 9.17) is 4.74 Å². The molecule has 1 aromatic heterocycles. The van der Waals surface area contributed by atoms with Gasteiger partial charge in [0.25, 0.3) is 0 Å². The van der Waals surface area contributed by atoms with Crippen LogP contribution in [-0.4, -0.2) is 18.1 Å². The number of ether oxygens (including phenoxy) is 1. The van der Waals surface area contributed by atoms with E-state index in [9.17, 15) is 4.79 Å². The summed E-state index contributed by atoms with van der Waals surface area (Å²) in [7, 11) is 1.37. The lowest BCUT2D eigenvalue weighted by molar-refractivity contribution is 0.0595. The van der Waals surface area contributed by atoms with Gasteiger partial charge in [0.05, 0.1) is 7.11 Å². The van der Waals surface area contributed by atoms with Crippen LogP contribution in [-0.2, 0) is 4.74 Å². The molecular formula is C20H17NO2. The molecule has 3 rings (SSSR count). The molecule has 0 unspecified atom stereocenters. The first-order valence-electron chi connectivity index (χ1n) is 7.40. The van der Waals surface area contributed by atoms with E-state index in [1.165, 1.54) is 7.11 Å². The van der Waals surface area contributed by atoms with Crippen molar-refractivity contribution in [2.24, 2.45) is 0 Å². The summed E-state index contributed by atoms with van der Waals surface area (Å²) in [6.45, 7) is 2.06. The zero-order valence-electron chi connectivity index (χ0n) is 13.1. The van der Waals surface area contributed by atoms with Crippen molar-refractivity contribution in [2.75, 3.05) is 7.11 Å². The molecular weight excluding hydrogens is 286 g/mol. The van der Waals surface area contributed by atoms with Crippen LogP contribution in [0.25, 0.3) is 22.3 Å². The lowest BCUT2D eigenvalue weighted by Crippen LogP contribution is -2.06. The maximum Gasteiger partial charge on any atom is 0.357 e. The van der Waals surface area contributed by atoms with Crippen molar-refractivity contribution in [3.63, 3.8) is 0 Å². The Morgan fingerprint density at radius 2 is 1.70 bits per heavy atom. The number of aryl methyl sites for hydroxylation is 1. The molecule has 2 aromatic carbocycles. The number of nitrogens with zero attached hydrogens (tertiary/aromatic N) is 1. The SMILES string of the molecule is COC(=O)c1ncccc1-c1ccc(C)cc1-c1ccccc1. The quantitative estimate of drug-likeness (QED) is 0.668. The largest absolute Gasteiger partial charge is 0.464 e. The molecule has 114 valence electrons. The van der Waals surface area contributed by atoms with Crippen molar-refractivity contribution in [3.05, 3.63) is 78.1 Å². The Kier molecular flexibility index (Phi) is 4.20. The second-order valence-electron chi connectivity index (χ2n) is 5.31. The van der Waals surface area contributed by atoms with Crippen LogP contribution in [0.3, 0.4) is 0 Å². The highest BCUT2D eigenvalue weighted by Gasteiger charge is 2.17. The monoisotopic (exact) mass is 303 g/mol. The summed E-state index contributed by atoms with van der Waals surface area (Å²) < 4.78 is 4.87. The summed E-state index contributed by atoms with van der Waals surface area (Å²) in [4.78, 5) is 16.2. The number of rotatable bonds is 3. The second kappa shape index (κ2) is 6.44. The second-order valence-corrected chi connectivity index (χ2v) is 5.31. The number of methoxy groups -OCH3 is 1. The Morgan fingerprint density at radius 3 is 2.43 bits per heavy atom. The molecule has 0 spiro atoms. The Morgan fingerprint density at radius 1 is 0.913 bits per heavy atom. The molecule has 0 bridgehead atoms. The molecule has 0 saturated heterocycles. The van der Waals surface area contributed by atoms with E-state index in [-0.39, 0.29) is 0 Å². The molecule has 0 N–H and O–H groups in total. The predicted octanol–water partition coefficient (Wildman–Crippen LogP) is 4.51. The van der Waals surface area contributed by atoms with Gasteiger partial charge in [0.2, 0.25) is 0 Å². The van der Waals surface area contributed by atoms with Crippen molar-refractivity contribution in [1.29, 1.82) is 0 Å². The Balaban J connectivity index is 2.25. The fourth-order valence-corrected chi connectivity index (χ4v) is 2.63. The van der Waals surface area contributed by atoms with E-state index >= 15 is 0 Å². The van der Waals surface area contributed by atoms with E-state index in [2.05, 4.69) is 30.1 Å². The third kappa shape index (κ3) is 2.99. The van der Waals surface area contributed by atoms with Gasteiger partial charge in [-0.25, -0.2) is 9.78 Å². The molecule has 0 radical (unpaired) electrons. The Labute approximate surface area is 135 Å². The van der Waals surface area contributed by atoms with Gasteiger partial charge in [-0.3, -0.25) is 0 Å². The number of esters is 1. The number of carbonyl (C=O) groups is 1. The molecule has 3 aromatic rings. The van der Waals surface area contributed by atoms with Crippen molar-refractivity contribution in [2.45, 2.75) is 6.92 Å². The molecule has 0 aliphatic carbocycles. The van der Waals surface area contributed by atoms with E-state index in [0.717, 1.165) is 27.8 Å². The number of hydrogen-bond acceptors (Lipinski definition) is 3. The van der Waals surface area contributed by atoms with Gasteiger partial charge < -0.3 is 4.74 Å². The number of hydrogen-bond donors (Lipinski definition) is 0. The van der Waals surface area contributed by atoms with Crippen LogP contribution < -0.4 is 0 Å². The standard InChI is InChI=1S/C20H17NO2/c1-14-10-11-16(18(13-14)15-7-4-3-5-8-15)17-9-6-12-21-19(17)20(22)23-2/h3-13H,1-2H3. The first-order valence-corrected chi connectivity index (χ1v) is 7.40. The maximum absolute atomic E-state index is 12.0. The molecule has 0 saturated carbocycles. The number of pyridine rings is 1. The van der Waals surface area contributed by atoms with Gasteiger partial charge in [0.1, 0.15) is 0 Å². The van der Waals surface area contributed by atoms with Crippen LogP contribution in [0.15, 0.2) is 66.9 Å². The maximum atomic E-state index is 12.0. The number of carbonyl (C=O) groups excluding carboxylic acids is 1. The van der Waals surface area contributed by atoms with Crippen LogP contribution in [0.5, 0.6) is 0 Å². The molecule has 1 heterocycles. The zero-order chi connectivity index (χ0) is 16.2. The van der Waals surface area contributed by atoms with Crippen LogP contribution in [0.4, 0.5) is 0 Å². The normalized spacial score (nSPS) is 10.3. The average molecular weight is 303 g/mol. The van der Waals surface area contributed by atoms with Crippen molar-refractivity contribution < 1.29 is 9.53 Å². The summed E-state index contributed by atoms with van der Waals surface area (Å²) in [5.74, 6) is -0.430. The summed E-state index contributed by atoms with van der Waals surface area (Å²) in [5, 5.41) is 0. The van der Waals surface area contributed by atoms with Crippen molar-refractivity contribution in [1.82, 2.24) is 4.98 Å².